The predicted octanol–water partition coefficient (Wildman–Crippen LogP) is 4.08. The molecule has 2 aliphatic rings. The van der Waals surface area contributed by atoms with Crippen molar-refractivity contribution in [1.29, 1.82) is 0 Å². The van der Waals surface area contributed by atoms with Crippen LogP contribution in [0.25, 0.3) is 0 Å². The van der Waals surface area contributed by atoms with Gasteiger partial charge in [0.2, 0.25) is 6.79 Å². The van der Waals surface area contributed by atoms with Crippen LogP contribution < -0.4 is 14.4 Å². The predicted molar refractivity (Wildman–Crippen MR) is 114 cm³/mol. The molecule has 31 heavy (non-hydrogen) atoms. The lowest BCUT2D eigenvalue weighted by Gasteiger charge is -2.23. The molecular weight excluding hydrogens is 418 g/mol. The third-order valence-corrected chi connectivity index (χ3v) is 5.94. The zero-order chi connectivity index (χ0) is 21.6. The first kappa shape index (κ1) is 19.6. The summed E-state index contributed by atoms with van der Waals surface area (Å²) in [5.41, 5.74) is 0.0929. The Hall–Kier alpha value is -3.35. The van der Waals surface area contributed by atoms with Crippen LogP contribution in [0.3, 0.4) is 0 Å². The number of aliphatic hydroxyl groups is 1. The molecule has 7 heteroatoms. The van der Waals surface area contributed by atoms with Crippen molar-refractivity contribution in [3.05, 3.63) is 88.4 Å². The van der Waals surface area contributed by atoms with Crippen LogP contribution in [0.5, 0.6) is 11.5 Å². The van der Waals surface area contributed by atoms with Gasteiger partial charge in [-0.1, -0.05) is 48.0 Å². The van der Waals surface area contributed by atoms with E-state index in [1.165, 1.54) is 4.90 Å². The number of hydrogen-bond acceptors (Lipinski definition) is 5. The molecule has 0 aromatic heterocycles. The standard InChI is InChI=1S/C24H18ClNO5/c25-18-7-3-1-5-16(18)20(27)12-24(29)17-6-2-4-8-19(17)26(23(24)28)13-15-9-10-21-22(11-15)31-14-30-21/h1-11,29H,12-14H2/t24-/m0/s1. The second kappa shape index (κ2) is 7.41. The van der Waals surface area contributed by atoms with Crippen molar-refractivity contribution in [3.8, 4) is 11.5 Å². The molecular formula is C24H18ClNO5. The highest BCUT2D eigenvalue weighted by atomic mass is 35.5. The number of halogens is 1. The number of carbonyl (C=O) groups excluding carboxylic acids is 2. The van der Waals surface area contributed by atoms with Gasteiger partial charge in [0.15, 0.2) is 22.9 Å². The Morgan fingerprint density at radius 1 is 1.03 bits per heavy atom. The minimum absolute atomic E-state index is 0.161. The van der Waals surface area contributed by atoms with Gasteiger partial charge < -0.3 is 19.5 Å². The molecule has 3 aromatic rings. The number of rotatable bonds is 5. The van der Waals surface area contributed by atoms with Gasteiger partial charge in [-0.3, -0.25) is 9.59 Å². The highest BCUT2D eigenvalue weighted by molar-refractivity contribution is 6.34. The number of benzene rings is 3. The molecule has 0 bridgehead atoms. The summed E-state index contributed by atoms with van der Waals surface area (Å²) in [5.74, 6) is 0.313. The van der Waals surface area contributed by atoms with Gasteiger partial charge in [0.05, 0.1) is 23.7 Å². The number of Topliss-reactive ketones (excluding diaryl/α,β-unsaturated/α-hetero) is 1. The van der Waals surface area contributed by atoms with Crippen LogP contribution in [0.4, 0.5) is 5.69 Å². The largest absolute Gasteiger partial charge is 0.454 e. The van der Waals surface area contributed by atoms with Crippen LogP contribution in [0.2, 0.25) is 5.02 Å². The summed E-state index contributed by atoms with van der Waals surface area (Å²) in [6, 6.07) is 19.0. The van der Waals surface area contributed by atoms with E-state index in [0.29, 0.717) is 22.7 Å². The number of anilines is 1. The van der Waals surface area contributed by atoms with E-state index in [-0.39, 0.29) is 23.9 Å². The van der Waals surface area contributed by atoms with Gasteiger partial charge >= 0.3 is 0 Å². The zero-order valence-electron chi connectivity index (χ0n) is 16.4. The molecule has 2 heterocycles. The molecule has 0 saturated carbocycles. The number of ketones is 1. The minimum Gasteiger partial charge on any atom is -0.454 e. The van der Waals surface area contributed by atoms with Crippen LogP contribution >= 0.6 is 11.6 Å². The maximum atomic E-state index is 13.4. The van der Waals surface area contributed by atoms with Crippen molar-refractivity contribution in [2.24, 2.45) is 0 Å². The molecule has 3 aromatic carbocycles. The third kappa shape index (κ3) is 3.24. The Balaban J connectivity index is 1.48. The first-order valence-electron chi connectivity index (χ1n) is 9.77. The second-order valence-corrected chi connectivity index (χ2v) is 7.94. The van der Waals surface area contributed by atoms with Crippen LogP contribution in [-0.2, 0) is 16.9 Å². The molecule has 1 N–H and O–H groups in total. The summed E-state index contributed by atoms with van der Waals surface area (Å²) in [4.78, 5) is 27.8. The molecule has 0 saturated heterocycles. The zero-order valence-corrected chi connectivity index (χ0v) is 17.1. The number of ether oxygens (including phenoxy) is 2. The molecule has 0 aliphatic carbocycles. The molecule has 6 nitrogen and oxygen atoms in total. The number of nitrogens with zero attached hydrogens (tertiary/aromatic N) is 1. The van der Waals surface area contributed by atoms with Gasteiger partial charge in [-0.25, -0.2) is 0 Å². The van der Waals surface area contributed by atoms with Crippen LogP contribution in [0, 0.1) is 0 Å². The Kier molecular flexibility index (Phi) is 4.68. The van der Waals surface area contributed by atoms with Gasteiger partial charge in [-0.2, -0.15) is 0 Å². The summed E-state index contributed by atoms with van der Waals surface area (Å²) < 4.78 is 10.8. The first-order valence-corrected chi connectivity index (χ1v) is 10.2. The van der Waals surface area contributed by atoms with Crippen LogP contribution in [-0.4, -0.2) is 23.6 Å². The van der Waals surface area contributed by atoms with E-state index in [9.17, 15) is 14.7 Å². The van der Waals surface area contributed by atoms with E-state index < -0.39 is 23.7 Å². The van der Waals surface area contributed by atoms with Gasteiger partial charge in [0, 0.05) is 11.1 Å². The summed E-state index contributed by atoms with van der Waals surface area (Å²) in [6.45, 7) is 0.378. The molecule has 5 rings (SSSR count). The maximum Gasteiger partial charge on any atom is 0.264 e. The lowest BCUT2D eigenvalue weighted by molar-refractivity contribution is -0.136. The number of hydrogen-bond donors (Lipinski definition) is 1. The molecule has 0 fully saturated rings. The molecule has 0 spiro atoms. The quantitative estimate of drug-likeness (QED) is 0.611. The summed E-state index contributed by atoms with van der Waals surface area (Å²) in [7, 11) is 0. The first-order chi connectivity index (χ1) is 15.0. The molecule has 0 radical (unpaired) electrons. The van der Waals surface area contributed by atoms with Crippen LogP contribution in [0.15, 0.2) is 66.7 Å². The lowest BCUT2D eigenvalue weighted by Crippen LogP contribution is -2.41. The summed E-state index contributed by atoms with van der Waals surface area (Å²) in [5, 5.41) is 11.7. The van der Waals surface area contributed by atoms with Crippen molar-refractivity contribution in [1.82, 2.24) is 0 Å². The Bertz CT molecular complexity index is 1210. The van der Waals surface area contributed by atoms with E-state index in [2.05, 4.69) is 0 Å². The van der Waals surface area contributed by atoms with Crippen molar-refractivity contribution >= 4 is 29.0 Å². The van der Waals surface area contributed by atoms with Crippen molar-refractivity contribution < 1.29 is 24.2 Å². The molecule has 1 atom stereocenters. The highest BCUT2D eigenvalue weighted by Gasteiger charge is 2.50. The average molecular weight is 436 g/mol. The van der Waals surface area contributed by atoms with Crippen LogP contribution in [0.1, 0.15) is 27.9 Å². The summed E-state index contributed by atoms with van der Waals surface area (Å²) >= 11 is 6.15. The second-order valence-electron chi connectivity index (χ2n) is 7.54. The number of amides is 1. The van der Waals surface area contributed by atoms with E-state index in [1.807, 2.05) is 12.1 Å². The van der Waals surface area contributed by atoms with Crippen molar-refractivity contribution in [2.75, 3.05) is 11.7 Å². The fraction of sp³-hybridized carbons (Fsp3) is 0.167. The number of para-hydroxylation sites is 1. The molecule has 2 aliphatic heterocycles. The topological polar surface area (TPSA) is 76.1 Å². The average Bonchev–Trinajstić information content (AvgIpc) is 3.31. The van der Waals surface area contributed by atoms with Gasteiger partial charge in [0.25, 0.3) is 5.91 Å². The van der Waals surface area contributed by atoms with Gasteiger partial charge in [0.1, 0.15) is 0 Å². The maximum absolute atomic E-state index is 13.4. The SMILES string of the molecule is O=C(C[C@@]1(O)C(=O)N(Cc2ccc3c(c2)OCO3)c2ccccc21)c1ccccc1Cl. The third-order valence-electron chi connectivity index (χ3n) is 5.61. The van der Waals surface area contributed by atoms with E-state index in [4.69, 9.17) is 21.1 Å². The minimum atomic E-state index is -1.97. The highest BCUT2D eigenvalue weighted by Crippen LogP contribution is 2.44. The Morgan fingerprint density at radius 3 is 2.61 bits per heavy atom. The monoisotopic (exact) mass is 435 g/mol. The van der Waals surface area contributed by atoms with Gasteiger partial charge in [-0.05, 0) is 35.9 Å². The molecule has 0 unspecified atom stereocenters. The lowest BCUT2D eigenvalue weighted by atomic mass is 9.88. The van der Waals surface area contributed by atoms with E-state index in [0.717, 1.165) is 5.56 Å². The fourth-order valence-corrected chi connectivity index (χ4v) is 4.31. The Morgan fingerprint density at radius 2 is 1.77 bits per heavy atom. The van der Waals surface area contributed by atoms with E-state index >= 15 is 0 Å². The number of fused-ring (bicyclic) bond motifs is 2. The number of carbonyl (C=O) groups is 2. The van der Waals surface area contributed by atoms with Gasteiger partial charge in [-0.15, -0.1) is 0 Å². The van der Waals surface area contributed by atoms with E-state index in [1.54, 1.807) is 54.6 Å². The van der Waals surface area contributed by atoms with Crippen molar-refractivity contribution in [2.45, 2.75) is 18.6 Å². The smallest absolute Gasteiger partial charge is 0.264 e. The van der Waals surface area contributed by atoms with Crippen molar-refractivity contribution in [3.63, 3.8) is 0 Å². The normalized spacial score (nSPS) is 18.9. The Labute approximate surface area is 183 Å². The summed E-state index contributed by atoms with van der Waals surface area (Å²) in [6.07, 6.45) is -0.399. The molecule has 1 amide bonds. The fourth-order valence-electron chi connectivity index (χ4n) is 4.07. The molecule has 156 valence electrons.